The predicted molar refractivity (Wildman–Crippen MR) is 73.9 cm³/mol. The van der Waals surface area contributed by atoms with Gasteiger partial charge >= 0.3 is 0 Å². The van der Waals surface area contributed by atoms with Crippen LogP contribution in [-0.4, -0.2) is 28.2 Å². The van der Waals surface area contributed by atoms with Gasteiger partial charge in [-0.15, -0.1) is 0 Å². The highest BCUT2D eigenvalue weighted by atomic mass is 15.2. The molecule has 0 fully saturated rings. The molecule has 0 unspecified atom stereocenters. The lowest BCUT2D eigenvalue weighted by Crippen LogP contribution is -2.08. The van der Waals surface area contributed by atoms with Crippen LogP contribution in [0.3, 0.4) is 0 Å². The Morgan fingerprint density at radius 2 is 1.29 bits per heavy atom. The molecule has 0 aliphatic carbocycles. The second-order valence-corrected chi connectivity index (χ2v) is 4.78. The summed E-state index contributed by atoms with van der Waals surface area (Å²) in [6.45, 7) is 2.09. The summed E-state index contributed by atoms with van der Waals surface area (Å²) < 4.78 is 0. The molecular weight excluding hydrogens is 210 g/mol. The standard InChI is InChI=1S/C14H19N3/c1-10-6-8-11(9-7-10)15-12-13(16(2)3)14(12)17(4)5/h6-9H,1-5H3. The summed E-state index contributed by atoms with van der Waals surface area (Å²) in [6, 6.07) is 8.29. The highest BCUT2D eigenvalue weighted by Gasteiger charge is 2.23. The van der Waals surface area contributed by atoms with Crippen LogP contribution >= 0.6 is 0 Å². The van der Waals surface area contributed by atoms with Gasteiger partial charge in [0.05, 0.1) is 17.1 Å². The van der Waals surface area contributed by atoms with Crippen molar-refractivity contribution in [3.8, 4) is 0 Å². The third-order valence-electron chi connectivity index (χ3n) is 2.78. The molecule has 0 aromatic heterocycles. The van der Waals surface area contributed by atoms with Gasteiger partial charge in [-0.1, -0.05) is 17.7 Å². The van der Waals surface area contributed by atoms with Gasteiger partial charge in [-0.05, 0) is 19.1 Å². The van der Waals surface area contributed by atoms with Crippen LogP contribution in [-0.2, 0) is 0 Å². The van der Waals surface area contributed by atoms with E-state index < -0.39 is 0 Å². The Balaban J connectivity index is 2.36. The van der Waals surface area contributed by atoms with Crippen LogP contribution in [0.2, 0.25) is 0 Å². The zero-order valence-corrected chi connectivity index (χ0v) is 11.2. The number of benzene rings is 1. The highest BCUT2D eigenvalue weighted by molar-refractivity contribution is 5.84. The molecule has 0 radical (unpaired) electrons. The minimum absolute atomic E-state index is 1.02. The van der Waals surface area contributed by atoms with Gasteiger partial charge in [0.2, 0.25) is 0 Å². The van der Waals surface area contributed by atoms with E-state index in [9.17, 15) is 0 Å². The quantitative estimate of drug-likeness (QED) is 0.803. The van der Waals surface area contributed by atoms with Crippen molar-refractivity contribution in [3.05, 3.63) is 35.2 Å². The maximum atomic E-state index is 4.68. The molecule has 0 bridgehead atoms. The lowest BCUT2D eigenvalue weighted by molar-refractivity contribution is 1.12. The summed E-state index contributed by atoms with van der Waals surface area (Å²) in [7, 11) is 8.21. The lowest BCUT2D eigenvalue weighted by atomic mass is 10.2. The Hall–Kier alpha value is -1.77. The van der Waals surface area contributed by atoms with Gasteiger partial charge in [0.1, 0.15) is 5.36 Å². The van der Waals surface area contributed by atoms with Crippen LogP contribution in [0, 0.1) is 6.92 Å². The van der Waals surface area contributed by atoms with Crippen LogP contribution in [0.15, 0.2) is 29.3 Å². The largest absolute Gasteiger partial charge is 0.374 e. The van der Waals surface area contributed by atoms with E-state index in [-0.39, 0.29) is 0 Å². The Labute approximate surface area is 103 Å². The molecule has 0 N–H and O–H groups in total. The number of nitrogens with zero attached hydrogens (tertiary/aromatic N) is 3. The molecule has 0 atom stereocenters. The van der Waals surface area contributed by atoms with Gasteiger partial charge in [0, 0.05) is 28.2 Å². The van der Waals surface area contributed by atoms with E-state index >= 15 is 0 Å². The van der Waals surface area contributed by atoms with Crippen LogP contribution in [0.4, 0.5) is 17.1 Å². The van der Waals surface area contributed by atoms with Crippen LogP contribution in [0.1, 0.15) is 5.56 Å². The fourth-order valence-corrected chi connectivity index (χ4v) is 1.86. The number of hydrogen-bond acceptors (Lipinski definition) is 3. The van der Waals surface area contributed by atoms with Crippen LogP contribution < -0.4 is 15.2 Å². The molecule has 17 heavy (non-hydrogen) atoms. The molecule has 2 rings (SSSR count). The van der Waals surface area contributed by atoms with Crippen molar-refractivity contribution >= 4 is 17.1 Å². The Morgan fingerprint density at radius 3 is 1.71 bits per heavy atom. The minimum Gasteiger partial charge on any atom is -0.374 e. The third-order valence-corrected chi connectivity index (χ3v) is 2.78. The topological polar surface area (TPSA) is 18.8 Å². The first-order valence-electron chi connectivity index (χ1n) is 5.75. The molecule has 0 amide bonds. The molecular formula is C14H19N3. The monoisotopic (exact) mass is 229 g/mol. The van der Waals surface area contributed by atoms with Crippen molar-refractivity contribution < 1.29 is 0 Å². The summed E-state index contributed by atoms with van der Waals surface area (Å²) >= 11 is 0. The van der Waals surface area contributed by atoms with Crippen molar-refractivity contribution in [2.75, 3.05) is 38.0 Å². The van der Waals surface area contributed by atoms with E-state index in [0.29, 0.717) is 0 Å². The van der Waals surface area contributed by atoms with E-state index in [1.54, 1.807) is 0 Å². The summed E-state index contributed by atoms with van der Waals surface area (Å²) in [5.74, 6) is 0. The normalized spacial score (nSPS) is 10.6. The van der Waals surface area contributed by atoms with Crippen molar-refractivity contribution in [2.45, 2.75) is 6.92 Å². The lowest BCUT2D eigenvalue weighted by Gasteiger charge is -2.07. The van der Waals surface area contributed by atoms with E-state index in [2.05, 4.69) is 74.2 Å². The van der Waals surface area contributed by atoms with Gasteiger partial charge in [-0.25, -0.2) is 4.99 Å². The second-order valence-electron chi connectivity index (χ2n) is 4.78. The smallest absolute Gasteiger partial charge is 0.115 e. The van der Waals surface area contributed by atoms with Gasteiger partial charge in [0.15, 0.2) is 0 Å². The third kappa shape index (κ3) is 2.33. The first kappa shape index (κ1) is 11.7. The van der Waals surface area contributed by atoms with Crippen molar-refractivity contribution in [2.24, 2.45) is 4.99 Å². The highest BCUT2D eigenvalue weighted by Crippen LogP contribution is 2.30. The van der Waals surface area contributed by atoms with E-state index in [1.807, 2.05) is 0 Å². The van der Waals surface area contributed by atoms with Crippen LogP contribution in [0.5, 0.6) is 0 Å². The predicted octanol–water partition coefficient (Wildman–Crippen LogP) is 2.24. The molecule has 0 heterocycles. The average molecular weight is 229 g/mol. The fourth-order valence-electron chi connectivity index (χ4n) is 1.86. The molecule has 2 aromatic rings. The van der Waals surface area contributed by atoms with Crippen molar-refractivity contribution in [1.82, 2.24) is 0 Å². The summed E-state index contributed by atoms with van der Waals surface area (Å²) in [5.41, 5.74) is 4.74. The summed E-state index contributed by atoms with van der Waals surface area (Å²) in [6.07, 6.45) is 0. The van der Waals surface area contributed by atoms with Gasteiger partial charge in [-0.3, -0.25) is 0 Å². The first-order chi connectivity index (χ1) is 8.00. The molecule has 0 saturated heterocycles. The number of rotatable bonds is 3. The summed E-state index contributed by atoms with van der Waals surface area (Å²) in [4.78, 5) is 8.90. The molecule has 3 nitrogen and oxygen atoms in total. The number of aryl methyl sites for hydroxylation is 1. The molecule has 0 spiro atoms. The number of hydrogen-bond donors (Lipinski definition) is 0. The molecule has 0 saturated carbocycles. The van der Waals surface area contributed by atoms with Crippen molar-refractivity contribution in [1.29, 1.82) is 0 Å². The Morgan fingerprint density at radius 1 is 0.824 bits per heavy atom. The van der Waals surface area contributed by atoms with Gasteiger partial charge < -0.3 is 9.80 Å². The maximum absolute atomic E-state index is 4.68. The molecule has 0 aliphatic rings. The zero-order chi connectivity index (χ0) is 12.6. The number of anilines is 2. The van der Waals surface area contributed by atoms with E-state index in [4.69, 9.17) is 0 Å². The maximum Gasteiger partial charge on any atom is 0.115 e. The van der Waals surface area contributed by atoms with E-state index in [0.717, 1.165) is 11.0 Å². The van der Waals surface area contributed by atoms with Gasteiger partial charge in [0.25, 0.3) is 0 Å². The van der Waals surface area contributed by atoms with Crippen molar-refractivity contribution in [3.63, 3.8) is 0 Å². The zero-order valence-electron chi connectivity index (χ0n) is 11.2. The average Bonchev–Trinajstić information content (AvgIpc) is 2.96. The first-order valence-corrected chi connectivity index (χ1v) is 5.75. The minimum atomic E-state index is 1.02. The SMILES string of the molecule is Cc1ccc(N=c2c(N(C)C)c2N(C)C)cc1. The molecule has 2 aromatic carbocycles. The molecule has 3 heteroatoms. The second kappa shape index (κ2) is 4.24. The Bertz CT molecular complexity index is 503. The molecule has 0 aliphatic heterocycles. The van der Waals surface area contributed by atoms with Crippen LogP contribution in [0.25, 0.3) is 0 Å². The molecule has 90 valence electrons. The Kier molecular flexibility index (Phi) is 2.92. The fraction of sp³-hybridized carbons (Fsp3) is 0.357. The van der Waals surface area contributed by atoms with Gasteiger partial charge in [-0.2, -0.15) is 0 Å². The summed E-state index contributed by atoms with van der Waals surface area (Å²) in [5, 5.41) is 1.10. The van der Waals surface area contributed by atoms with E-state index in [1.165, 1.54) is 16.9 Å².